The molecule has 0 radical (unpaired) electrons. The average molecular weight is 596 g/mol. The summed E-state index contributed by atoms with van der Waals surface area (Å²) < 4.78 is 40.1. The van der Waals surface area contributed by atoms with E-state index in [0.29, 0.717) is 12.2 Å². The van der Waals surface area contributed by atoms with Crippen molar-refractivity contribution >= 4 is 27.5 Å². The summed E-state index contributed by atoms with van der Waals surface area (Å²) in [4.78, 5) is 29.2. The average Bonchev–Trinajstić information content (AvgIpc) is 2.95. The molecular weight excluding hydrogens is 554 g/mol. The summed E-state index contributed by atoms with van der Waals surface area (Å²) in [5.74, 6) is 0.0179. The maximum Gasteiger partial charge on any atom is 0.264 e. The van der Waals surface area contributed by atoms with Crippen LogP contribution < -0.4 is 19.1 Å². The minimum atomic E-state index is -4.21. The highest BCUT2D eigenvalue weighted by atomic mass is 32.2. The van der Waals surface area contributed by atoms with Crippen LogP contribution in [0.1, 0.15) is 45.2 Å². The fourth-order valence-electron chi connectivity index (χ4n) is 4.53. The molecule has 42 heavy (non-hydrogen) atoms. The molecule has 1 N–H and O–H groups in total. The normalized spacial score (nSPS) is 12.3. The molecule has 2 amide bonds. The van der Waals surface area contributed by atoms with E-state index in [1.165, 1.54) is 24.1 Å². The third kappa shape index (κ3) is 8.03. The molecule has 226 valence electrons. The Bertz CT molecular complexity index is 1480. The topological polar surface area (TPSA) is 105 Å². The molecule has 3 aromatic rings. The molecular formula is C32H41N3O6S. The maximum absolute atomic E-state index is 14.3. The first-order valence-electron chi connectivity index (χ1n) is 13.8. The molecule has 0 saturated heterocycles. The first kappa shape index (κ1) is 32.5. The van der Waals surface area contributed by atoms with E-state index in [0.717, 1.165) is 15.4 Å². The number of nitrogens with zero attached hydrogens (tertiary/aromatic N) is 2. The minimum absolute atomic E-state index is 0.0312. The van der Waals surface area contributed by atoms with Crippen molar-refractivity contribution in [2.75, 3.05) is 25.1 Å². The van der Waals surface area contributed by atoms with Crippen molar-refractivity contribution in [2.24, 2.45) is 0 Å². The van der Waals surface area contributed by atoms with Gasteiger partial charge in [-0.05, 0) is 76.1 Å². The first-order valence-corrected chi connectivity index (χ1v) is 15.2. The molecule has 0 aliphatic carbocycles. The number of carbonyl (C=O) groups is 2. The van der Waals surface area contributed by atoms with Gasteiger partial charge in [-0.1, -0.05) is 48.9 Å². The predicted molar refractivity (Wildman–Crippen MR) is 164 cm³/mol. The lowest BCUT2D eigenvalue weighted by Crippen LogP contribution is -2.55. The van der Waals surface area contributed by atoms with Gasteiger partial charge in [0, 0.05) is 12.1 Å². The number of anilines is 1. The zero-order valence-electron chi connectivity index (χ0n) is 25.4. The summed E-state index contributed by atoms with van der Waals surface area (Å²) in [6, 6.07) is 19.4. The van der Waals surface area contributed by atoms with Gasteiger partial charge in [0.1, 0.15) is 24.1 Å². The van der Waals surface area contributed by atoms with Crippen molar-refractivity contribution in [3.05, 3.63) is 83.9 Å². The summed E-state index contributed by atoms with van der Waals surface area (Å²) >= 11 is 0. The van der Waals surface area contributed by atoms with E-state index >= 15 is 0 Å². The van der Waals surface area contributed by atoms with Crippen LogP contribution in [0.5, 0.6) is 11.5 Å². The molecule has 0 saturated carbocycles. The number of hydrogen-bond acceptors (Lipinski definition) is 6. The van der Waals surface area contributed by atoms with Crippen LogP contribution in [-0.4, -0.2) is 57.5 Å². The van der Waals surface area contributed by atoms with Crippen LogP contribution in [0.3, 0.4) is 0 Å². The van der Waals surface area contributed by atoms with Gasteiger partial charge in [0.2, 0.25) is 11.8 Å². The number of methoxy groups -OCH3 is 2. The van der Waals surface area contributed by atoms with Crippen molar-refractivity contribution in [1.29, 1.82) is 0 Å². The summed E-state index contributed by atoms with van der Waals surface area (Å²) in [5, 5.41) is 2.97. The Kier molecular flexibility index (Phi) is 10.6. The van der Waals surface area contributed by atoms with Crippen LogP contribution in [0, 0.1) is 6.92 Å². The van der Waals surface area contributed by atoms with Crippen molar-refractivity contribution < 1.29 is 27.5 Å². The highest BCUT2D eigenvalue weighted by molar-refractivity contribution is 7.92. The van der Waals surface area contributed by atoms with Crippen LogP contribution in [0.2, 0.25) is 0 Å². The molecule has 0 unspecified atom stereocenters. The van der Waals surface area contributed by atoms with E-state index in [9.17, 15) is 18.0 Å². The number of para-hydroxylation sites is 2. The molecule has 0 heterocycles. The molecule has 0 aromatic heterocycles. The molecule has 0 aliphatic heterocycles. The number of amides is 2. The third-order valence-electron chi connectivity index (χ3n) is 6.61. The second-order valence-electron chi connectivity index (χ2n) is 11.0. The zero-order chi connectivity index (χ0) is 31.1. The van der Waals surface area contributed by atoms with Crippen LogP contribution in [-0.2, 0) is 26.2 Å². The van der Waals surface area contributed by atoms with E-state index < -0.39 is 34.1 Å². The summed E-state index contributed by atoms with van der Waals surface area (Å²) in [6.45, 7) is 8.79. The van der Waals surface area contributed by atoms with E-state index in [2.05, 4.69) is 5.32 Å². The molecule has 3 aromatic carbocycles. The fraction of sp³-hybridized carbons (Fsp3) is 0.375. The monoisotopic (exact) mass is 595 g/mol. The smallest absolute Gasteiger partial charge is 0.264 e. The lowest BCUT2D eigenvalue weighted by atomic mass is 10.1. The maximum atomic E-state index is 14.3. The van der Waals surface area contributed by atoms with Crippen LogP contribution in [0.25, 0.3) is 0 Å². The van der Waals surface area contributed by atoms with Gasteiger partial charge in [-0.15, -0.1) is 0 Å². The third-order valence-corrected chi connectivity index (χ3v) is 8.39. The highest BCUT2D eigenvalue weighted by Gasteiger charge is 2.35. The Hall–Kier alpha value is -4.05. The predicted octanol–water partition coefficient (Wildman–Crippen LogP) is 4.93. The number of nitrogens with one attached hydrogen (secondary N) is 1. The Morgan fingerprint density at radius 2 is 1.60 bits per heavy atom. The SMILES string of the molecule is CC[C@H](C(=O)NC(C)(C)C)N(Cc1cccc(OC)c1)C(=O)CN(c1ccccc1OC)S(=O)(=O)c1ccc(C)cc1. The largest absolute Gasteiger partial charge is 0.497 e. The standard InChI is InChI=1S/C32H41N3O6S/c1-8-27(31(37)33-32(3,4)5)34(21-24-12-11-13-25(20-24)40-6)30(36)22-35(28-14-9-10-15-29(28)41-7)42(38,39)26-18-16-23(2)17-19-26/h9-20,27H,8,21-22H2,1-7H3,(H,33,37)/t27-/m1/s1. The van der Waals surface area contributed by atoms with E-state index in [1.807, 2.05) is 40.7 Å². The summed E-state index contributed by atoms with van der Waals surface area (Å²) in [7, 11) is -1.22. The number of sulfonamides is 1. The van der Waals surface area contributed by atoms with Gasteiger partial charge in [-0.3, -0.25) is 13.9 Å². The van der Waals surface area contributed by atoms with Crippen molar-refractivity contribution in [3.63, 3.8) is 0 Å². The van der Waals surface area contributed by atoms with Crippen LogP contribution >= 0.6 is 0 Å². The fourth-order valence-corrected chi connectivity index (χ4v) is 5.95. The van der Waals surface area contributed by atoms with E-state index in [-0.39, 0.29) is 28.8 Å². The second kappa shape index (κ2) is 13.7. The first-order chi connectivity index (χ1) is 19.8. The molecule has 1 atom stereocenters. The van der Waals surface area contributed by atoms with Gasteiger partial charge in [-0.2, -0.15) is 0 Å². The highest BCUT2D eigenvalue weighted by Crippen LogP contribution is 2.33. The van der Waals surface area contributed by atoms with Gasteiger partial charge < -0.3 is 19.7 Å². The lowest BCUT2D eigenvalue weighted by Gasteiger charge is -2.35. The van der Waals surface area contributed by atoms with Crippen LogP contribution in [0.4, 0.5) is 5.69 Å². The minimum Gasteiger partial charge on any atom is -0.497 e. The Morgan fingerprint density at radius 3 is 2.19 bits per heavy atom. The van der Waals surface area contributed by atoms with Crippen LogP contribution in [0.15, 0.2) is 77.7 Å². The zero-order valence-corrected chi connectivity index (χ0v) is 26.2. The molecule has 3 rings (SSSR count). The number of benzene rings is 3. The van der Waals surface area contributed by atoms with E-state index in [4.69, 9.17) is 9.47 Å². The summed E-state index contributed by atoms with van der Waals surface area (Å²) in [5.41, 5.74) is 1.30. The Labute approximate surface area is 249 Å². The quantitative estimate of drug-likeness (QED) is 0.318. The van der Waals surface area contributed by atoms with Gasteiger partial charge in [0.05, 0.1) is 24.8 Å². The van der Waals surface area contributed by atoms with Gasteiger partial charge in [0.25, 0.3) is 10.0 Å². The number of rotatable bonds is 12. The van der Waals surface area contributed by atoms with Crippen molar-refractivity contribution in [3.8, 4) is 11.5 Å². The number of ether oxygens (including phenoxy) is 2. The molecule has 0 aliphatic rings. The van der Waals surface area contributed by atoms with Gasteiger partial charge in [-0.25, -0.2) is 8.42 Å². The van der Waals surface area contributed by atoms with Gasteiger partial charge >= 0.3 is 0 Å². The van der Waals surface area contributed by atoms with Crippen molar-refractivity contribution in [2.45, 2.75) is 64.1 Å². The summed E-state index contributed by atoms with van der Waals surface area (Å²) in [6.07, 6.45) is 0.316. The molecule has 0 fully saturated rings. The number of carbonyl (C=O) groups excluding carboxylic acids is 2. The molecule has 9 nitrogen and oxygen atoms in total. The molecule has 10 heteroatoms. The number of aryl methyl sites for hydroxylation is 1. The van der Waals surface area contributed by atoms with E-state index in [1.54, 1.807) is 61.7 Å². The Morgan fingerprint density at radius 1 is 0.929 bits per heavy atom. The molecule has 0 bridgehead atoms. The van der Waals surface area contributed by atoms with Crippen molar-refractivity contribution in [1.82, 2.24) is 10.2 Å². The molecule has 0 spiro atoms. The number of hydrogen-bond donors (Lipinski definition) is 1. The lowest BCUT2D eigenvalue weighted by molar-refractivity contribution is -0.141. The van der Waals surface area contributed by atoms with Gasteiger partial charge in [0.15, 0.2) is 0 Å². The Balaban J connectivity index is 2.12. The second-order valence-corrected chi connectivity index (χ2v) is 12.9.